The zero-order valence-electron chi connectivity index (χ0n) is 10.6. The van der Waals surface area contributed by atoms with Crippen molar-refractivity contribution in [3.63, 3.8) is 0 Å². The first kappa shape index (κ1) is 12.7. The van der Waals surface area contributed by atoms with Gasteiger partial charge in [-0.15, -0.1) is 0 Å². The minimum Gasteiger partial charge on any atom is -0.287 e. The fraction of sp³-hybridized carbons (Fsp3) is 0.500. The highest BCUT2D eigenvalue weighted by Crippen LogP contribution is 2.19. The number of nitrogens with zero attached hydrogens (tertiary/aromatic N) is 2. The Kier molecular flexibility index (Phi) is 4.52. The molecule has 1 atom stereocenters. The van der Waals surface area contributed by atoms with Crippen molar-refractivity contribution in [2.24, 2.45) is 5.92 Å². The molecule has 0 aliphatic heterocycles. The average molecular weight is 216 g/mol. The molecule has 1 unspecified atom stereocenters. The molecule has 0 bridgehead atoms. The number of hydrogen-bond acceptors (Lipinski definition) is 2. The predicted molar refractivity (Wildman–Crippen MR) is 67.0 cm³/mol. The van der Waals surface area contributed by atoms with Crippen LogP contribution in [-0.2, 0) is 0 Å². The number of hydrogen-bond donors (Lipinski definition) is 0. The minimum atomic E-state index is -0.136. The summed E-state index contributed by atoms with van der Waals surface area (Å²) in [7, 11) is 2.01. The van der Waals surface area contributed by atoms with Crippen LogP contribution >= 0.6 is 0 Å². The van der Waals surface area contributed by atoms with E-state index in [0.29, 0.717) is 5.92 Å². The second-order valence-corrected chi connectivity index (χ2v) is 4.78. The molecule has 0 aromatic heterocycles. The van der Waals surface area contributed by atoms with E-state index in [9.17, 15) is 5.26 Å². The molecule has 2 heteroatoms. The summed E-state index contributed by atoms with van der Waals surface area (Å²) in [6.45, 7) is 7.33. The van der Waals surface area contributed by atoms with Crippen molar-refractivity contribution in [2.75, 3.05) is 13.6 Å². The van der Waals surface area contributed by atoms with Gasteiger partial charge in [-0.3, -0.25) is 4.90 Å². The van der Waals surface area contributed by atoms with Gasteiger partial charge in [0.15, 0.2) is 0 Å². The molecule has 0 heterocycles. The SMILES string of the molecule is Cc1ccc(C(C#N)N(C)CC(C)C)cc1. The van der Waals surface area contributed by atoms with Gasteiger partial charge in [-0.05, 0) is 25.5 Å². The number of nitriles is 1. The zero-order chi connectivity index (χ0) is 12.1. The third-order valence-corrected chi connectivity index (χ3v) is 2.61. The Balaban J connectivity index is 2.82. The molecule has 0 saturated heterocycles. The largest absolute Gasteiger partial charge is 0.287 e. The van der Waals surface area contributed by atoms with Gasteiger partial charge in [0, 0.05) is 6.54 Å². The Labute approximate surface area is 98.5 Å². The summed E-state index contributed by atoms with van der Waals surface area (Å²) in [5.74, 6) is 0.575. The number of aryl methyl sites for hydroxylation is 1. The summed E-state index contributed by atoms with van der Waals surface area (Å²) in [6.07, 6.45) is 0. The van der Waals surface area contributed by atoms with Crippen LogP contribution in [0.15, 0.2) is 24.3 Å². The van der Waals surface area contributed by atoms with Crippen molar-refractivity contribution in [3.05, 3.63) is 35.4 Å². The molecule has 0 aliphatic rings. The predicted octanol–water partition coefficient (Wildman–Crippen LogP) is 3.15. The lowest BCUT2D eigenvalue weighted by Crippen LogP contribution is -2.27. The van der Waals surface area contributed by atoms with Crippen LogP contribution in [0.5, 0.6) is 0 Å². The van der Waals surface area contributed by atoms with Gasteiger partial charge in [0.2, 0.25) is 0 Å². The van der Waals surface area contributed by atoms with E-state index in [1.165, 1.54) is 5.56 Å². The van der Waals surface area contributed by atoms with Gasteiger partial charge in [0.1, 0.15) is 6.04 Å². The minimum absolute atomic E-state index is 0.136. The molecular formula is C14H20N2. The van der Waals surface area contributed by atoms with Gasteiger partial charge in [0.05, 0.1) is 6.07 Å². The number of rotatable bonds is 4. The smallest absolute Gasteiger partial charge is 0.123 e. The van der Waals surface area contributed by atoms with Gasteiger partial charge in [-0.25, -0.2) is 0 Å². The summed E-state index contributed by atoms with van der Waals surface area (Å²) in [4.78, 5) is 2.11. The van der Waals surface area contributed by atoms with E-state index < -0.39 is 0 Å². The standard InChI is InChI=1S/C14H20N2/c1-11(2)10-16(4)14(9-15)13-7-5-12(3)6-8-13/h5-8,11,14H,10H2,1-4H3. The van der Waals surface area contributed by atoms with Crippen molar-refractivity contribution < 1.29 is 0 Å². The second kappa shape index (κ2) is 5.67. The maximum atomic E-state index is 9.24. The highest BCUT2D eigenvalue weighted by molar-refractivity contribution is 5.27. The molecule has 0 saturated carbocycles. The lowest BCUT2D eigenvalue weighted by molar-refractivity contribution is 0.259. The van der Waals surface area contributed by atoms with Crippen molar-refractivity contribution in [1.82, 2.24) is 4.90 Å². The van der Waals surface area contributed by atoms with E-state index in [4.69, 9.17) is 0 Å². The Morgan fingerprint density at radius 1 is 1.25 bits per heavy atom. The molecular weight excluding hydrogens is 196 g/mol. The Morgan fingerprint density at radius 3 is 2.25 bits per heavy atom. The van der Waals surface area contributed by atoms with Gasteiger partial charge in [-0.2, -0.15) is 5.26 Å². The zero-order valence-corrected chi connectivity index (χ0v) is 10.6. The van der Waals surface area contributed by atoms with Crippen LogP contribution in [0.1, 0.15) is 31.0 Å². The fourth-order valence-corrected chi connectivity index (χ4v) is 1.86. The first-order valence-electron chi connectivity index (χ1n) is 5.71. The Hall–Kier alpha value is -1.33. The van der Waals surface area contributed by atoms with Gasteiger partial charge < -0.3 is 0 Å². The van der Waals surface area contributed by atoms with E-state index in [-0.39, 0.29) is 6.04 Å². The molecule has 0 amide bonds. The highest BCUT2D eigenvalue weighted by atomic mass is 15.1. The molecule has 1 aromatic carbocycles. The van der Waals surface area contributed by atoms with Gasteiger partial charge in [0.25, 0.3) is 0 Å². The molecule has 0 fully saturated rings. The quantitative estimate of drug-likeness (QED) is 0.773. The number of benzene rings is 1. The second-order valence-electron chi connectivity index (χ2n) is 4.78. The monoisotopic (exact) mass is 216 g/mol. The topological polar surface area (TPSA) is 27.0 Å². The summed E-state index contributed by atoms with van der Waals surface area (Å²) >= 11 is 0. The van der Waals surface area contributed by atoms with Crippen LogP contribution in [0.25, 0.3) is 0 Å². The first-order valence-corrected chi connectivity index (χ1v) is 5.71. The molecule has 1 aromatic rings. The Bertz CT molecular complexity index is 359. The van der Waals surface area contributed by atoms with Crippen molar-refractivity contribution >= 4 is 0 Å². The van der Waals surface area contributed by atoms with Crippen LogP contribution in [0, 0.1) is 24.2 Å². The van der Waals surface area contributed by atoms with Gasteiger partial charge >= 0.3 is 0 Å². The lowest BCUT2D eigenvalue weighted by atomic mass is 10.0. The van der Waals surface area contributed by atoms with E-state index in [1.807, 2.05) is 19.2 Å². The van der Waals surface area contributed by atoms with Crippen LogP contribution in [0.4, 0.5) is 0 Å². The van der Waals surface area contributed by atoms with Crippen molar-refractivity contribution in [2.45, 2.75) is 26.8 Å². The lowest BCUT2D eigenvalue weighted by Gasteiger charge is -2.24. The molecule has 0 N–H and O–H groups in total. The van der Waals surface area contributed by atoms with Crippen LogP contribution in [-0.4, -0.2) is 18.5 Å². The molecule has 1 rings (SSSR count). The van der Waals surface area contributed by atoms with E-state index >= 15 is 0 Å². The van der Waals surface area contributed by atoms with Gasteiger partial charge in [-0.1, -0.05) is 43.7 Å². The Morgan fingerprint density at radius 2 is 1.81 bits per heavy atom. The normalized spacial score (nSPS) is 12.8. The summed E-state index contributed by atoms with van der Waals surface area (Å²) in [5.41, 5.74) is 2.31. The summed E-state index contributed by atoms with van der Waals surface area (Å²) in [5, 5.41) is 9.24. The molecule has 0 radical (unpaired) electrons. The van der Waals surface area contributed by atoms with E-state index in [0.717, 1.165) is 12.1 Å². The average Bonchev–Trinajstić information content (AvgIpc) is 2.21. The molecule has 16 heavy (non-hydrogen) atoms. The fourth-order valence-electron chi connectivity index (χ4n) is 1.86. The summed E-state index contributed by atoms with van der Waals surface area (Å²) < 4.78 is 0. The van der Waals surface area contributed by atoms with E-state index in [2.05, 4.69) is 43.9 Å². The molecule has 86 valence electrons. The first-order chi connectivity index (χ1) is 7.54. The third kappa shape index (κ3) is 3.36. The summed E-state index contributed by atoms with van der Waals surface area (Å²) in [6, 6.07) is 10.4. The van der Waals surface area contributed by atoms with Crippen molar-refractivity contribution in [3.8, 4) is 6.07 Å². The molecule has 0 spiro atoms. The highest BCUT2D eigenvalue weighted by Gasteiger charge is 2.16. The maximum Gasteiger partial charge on any atom is 0.123 e. The van der Waals surface area contributed by atoms with Crippen LogP contribution < -0.4 is 0 Å². The molecule has 2 nitrogen and oxygen atoms in total. The van der Waals surface area contributed by atoms with E-state index in [1.54, 1.807) is 0 Å². The van der Waals surface area contributed by atoms with Crippen molar-refractivity contribution in [1.29, 1.82) is 5.26 Å². The third-order valence-electron chi connectivity index (χ3n) is 2.61. The molecule has 0 aliphatic carbocycles. The van der Waals surface area contributed by atoms with Crippen LogP contribution in [0.3, 0.4) is 0 Å². The van der Waals surface area contributed by atoms with Crippen LogP contribution in [0.2, 0.25) is 0 Å². The maximum absolute atomic E-state index is 9.24.